The minimum atomic E-state index is -4.89. The Bertz CT molecular complexity index is 852. The van der Waals surface area contributed by atoms with E-state index in [1.165, 1.54) is 0 Å². The van der Waals surface area contributed by atoms with E-state index < -0.39 is 30.5 Å². The number of hydrogen-bond donors (Lipinski definition) is 4. The zero-order chi connectivity index (χ0) is 20.5. The average Bonchev–Trinajstić information content (AvgIpc) is 3.17. The lowest BCUT2D eigenvalue weighted by atomic mass is 10.1. The molecule has 10 heteroatoms. The van der Waals surface area contributed by atoms with Gasteiger partial charge in [-0.05, 0) is 36.6 Å². The topological polar surface area (TPSA) is 110 Å². The number of carbonyl (C=O) groups is 1. The molecule has 2 aromatic rings. The molecule has 154 valence electrons. The van der Waals surface area contributed by atoms with E-state index in [0.717, 1.165) is 16.5 Å². The van der Waals surface area contributed by atoms with Crippen molar-refractivity contribution in [1.82, 2.24) is 9.88 Å². The smallest absolute Gasteiger partial charge is 0.399 e. The summed E-state index contributed by atoms with van der Waals surface area (Å²) in [6.07, 6.45) is -3.98. The normalized spacial score (nSPS) is 22.7. The number of aromatic nitrogens is 1. The molecule has 28 heavy (non-hydrogen) atoms. The summed E-state index contributed by atoms with van der Waals surface area (Å²) in [6.45, 7) is -0.409. The van der Waals surface area contributed by atoms with Gasteiger partial charge in [-0.1, -0.05) is 0 Å². The number of hydrogen-bond acceptors (Lipinski definition) is 5. The summed E-state index contributed by atoms with van der Waals surface area (Å²) in [5, 5.41) is 21.9. The lowest BCUT2D eigenvalue weighted by Gasteiger charge is -2.15. The highest BCUT2D eigenvalue weighted by Gasteiger charge is 2.38. The van der Waals surface area contributed by atoms with E-state index >= 15 is 0 Å². The zero-order valence-electron chi connectivity index (χ0n) is 14.9. The van der Waals surface area contributed by atoms with Gasteiger partial charge >= 0.3 is 12.1 Å². The molecule has 7 nitrogen and oxygen atoms in total. The number of nitrogens with two attached hydrogens (primary N) is 1. The van der Waals surface area contributed by atoms with Crippen molar-refractivity contribution in [2.24, 2.45) is 0 Å². The molecule has 0 aliphatic carbocycles. The van der Waals surface area contributed by atoms with Gasteiger partial charge in [-0.15, -0.1) is 0 Å². The molecule has 1 aliphatic heterocycles. The van der Waals surface area contributed by atoms with Crippen LogP contribution in [0.25, 0.3) is 10.9 Å². The van der Waals surface area contributed by atoms with E-state index in [0.29, 0.717) is 24.9 Å². The molecular formula is C18H22F3N3O4. The SMILES string of the molecule is Nc1ccc2c(c1)c(CCCNC(=O)C(F)(F)F)cn2C1CC(O)C(CO)O1. The maximum absolute atomic E-state index is 12.2. The monoisotopic (exact) mass is 401 g/mol. The fourth-order valence-electron chi connectivity index (χ4n) is 3.41. The fourth-order valence-corrected chi connectivity index (χ4v) is 3.41. The molecule has 2 heterocycles. The molecular weight excluding hydrogens is 379 g/mol. The first-order valence-electron chi connectivity index (χ1n) is 8.89. The van der Waals surface area contributed by atoms with E-state index in [1.54, 1.807) is 12.1 Å². The second kappa shape index (κ2) is 7.98. The summed E-state index contributed by atoms with van der Waals surface area (Å²) < 4.78 is 44.3. The van der Waals surface area contributed by atoms with Crippen molar-refractivity contribution in [1.29, 1.82) is 0 Å². The number of fused-ring (bicyclic) bond motifs is 1. The molecule has 1 aliphatic rings. The van der Waals surface area contributed by atoms with Crippen LogP contribution in [0.5, 0.6) is 0 Å². The molecule has 0 radical (unpaired) electrons. The highest BCUT2D eigenvalue weighted by atomic mass is 19.4. The zero-order valence-corrected chi connectivity index (χ0v) is 14.9. The molecule has 1 fully saturated rings. The van der Waals surface area contributed by atoms with Crippen molar-refractivity contribution >= 4 is 22.5 Å². The number of aliphatic hydroxyl groups excluding tert-OH is 2. The molecule has 5 N–H and O–H groups in total. The van der Waals surface area contributed by atoms with Crippen LogP contribution in [-0.4, -0.2) is 52.2 Å². The van der Waals surface area contributed by atoms with Gasteiger partial charge in [-0.2, -0.15) is 13.2 Å². The number of nitrogen functional groups attached to an aromatic ring is 1. The van der Waals surface area contributed by atoms with Crippen molar-refractivity contribution in [3.63, 3.8) is 0 Å². The number of alkyl halides is 3. The number of halogens is 3. The molecule has 3 rings (SSSR count). The Morgan fingerprint density at radius 1 is 1.39 bits per heavy atom. The minimum absolute atomic E-state index is 0.113. The molecule has 3 unspecified atom stereocenters. The first-order valence-corrected chi connectivity index (χ1v) is 8.89. The van der Waals surface area contributed by atoms with Gasteiger partial charge in [-0.25, -0.2) is 0 Å². The van der Waals surface area contributed by atoms with Gasteiger partial charge in [0.25, 0.3) is 0 Å². The molecule has 0 spiro atoms. The Morgan fingerprint density at radius 3 is 2.79 bits per heavy atom. The number of nitrogens with one attached hydrogen (secondary N) is 1. The number of nitrogens with zero attached hydrogens (tertiary/aromatic N) is 1. The van der Waals surface area contributed by atoms with E-state index in [-0.39, 0.29) is 13.2 Å². The second-order valence-corrected chi connectivity index (χ2v) is 6.81. The van der Waals surface area contributed by atoms with Crippen LogP contribution in [0.4, 0.5) is 18.9 Å². The quantitative estimate of drug-likeness (QED) is 0.433. The van der Waals surface area contributed by atoms with Gasteiger partial charge in [-0.3, -0.25) is 4.79 Å². The summed E-state index contributed by atoms with van der Waals surface area (Å²) in [5.41, 5.74) is 8.05. The summed E-state index contributed by atoms with van der Waals surface area (Å²) in [7, 11) is 0. The van der Waals surface area contributed by atoms with Crippen LogP contribution >= 0.6 is 0 Å². The summed E-state index contributed by atoms with van der Waals surface area (Å²) >= 11 is 0. The third-order valence-corrected chi connectivity index (χ3v) is 4.80. The Hall–Kier alpha value is -2.30. The van der Waals surface area contributed by atoms with Crippen LogP contribution in [0.2, 0.25) is 0 Å². The number of aliphatic hydroxyl groups is 2. The molecule has 0 bridgehead atoms. The van der Waals surface area contributed by atoms with Gasteiger partial charge in [0.15, 0.2) is 0 Å². The number of rotatable bonds is 6. The largest absolute Gasteiger partial charge is 0.471 e. The van der Waals surface area contributed by atoms with Crippen molar-refractivity contribution in [3.05, 3.63) is 30.0 Å². The van der Waals surface area contributed by atoms with Crippen LogP contribution in [0.1, 0.15) is 24.6 Å². The van der Waals surface area contributed by atoms with Crippen LogP contribution in [0, 0.1) is 0 Å². The number of benzene rings is 1. The van der Waals surface area contributed by atoms with Crippen LogP contribution in [0.15, 0.2) is 24.4 Å². The Morgan fingerprint density at radius 2 is 2.14 bits per heavy atom. The Balaban J connectivity index is 1.76. The number of carbonyl (C=O) groups excluding carboxylic acids is 1. The van der Waals surface area contributed by atoms with Gasteiger partial charge in [0.1, 0.15) is 12.3 Å². The highest BCUT2D eigenvalue weighted by molar-refractivity contribution is 5.87. The standard InChI is InChI=1S/C18H22F3N3O4/c19-18(20,21)17(27)23-5-1-2-10-8-24(13-4-3-11(22)6-12(10)13)16-7-14(26)15(9-25)28-16/h3-4,6,8,14-16,25-26H,1-2,5,7,9,22H2,(H,23,27). The van der Waals surface area contributed by atoms with E-state index in [9.17, 15) is 28.2 Å². The molecule has 1 amide bonds. The van der Waals surface area contributed by atoms with E-state index in [2.05, 4.69) is 0 Å². The molecule has 1 aromatic carbocycles. The van der Waals surface area contributed by atoms with Crippen LogP contribution in [-0.2, 0) is 16.0 Å². The van der Waals surface area contributed by atoms with Gasteiger partial charge in [0.05, 0.1) is 18.2 Å². The molecule has 1 saturated heterocycles. The molecule has 1 aromatic heterocycles. The number of ether oxygens (including phenoxy) is 1. The first kappa shape index (κ1) is 20.4. The minimum Gasteiger partial charge on any atom is -0.399 e. The Kier molecular flexibility index (Phi) is 5.82. The predicted molar refractivity (Wildman–Crippen MR) is 95.4 cm³/mol. The lowest BCUT2D eigenvalue weighted by molar-refractivity contribution is -0.173. The average molecular weight is 401 g/mol. The number of aryl methyl sites for hydroxylation is 1. The molecule has 3 atom stereocenters. The van der Waals surface area contributed by atoms with Crippen molar-refractivity contribution in [2.45, 2.75) is 43.9 Å². The number of amides is 1. The fraction of sp³-hybridized carbons (Fsp3) is 0.500. The Labute approximate surface area is 158 Å². The van der Waals surface area contributed by atoms with Crippen molar-refractivity contribution in [2.75, 3.05) is 18.9 Å². The first-order chi connectivity index (χ1) is 13.2. The van der Waals surface area contributed by atoms with Gasteiger partial charge in [0, 0.05) is 30.2 Å². The van der Waals surface area contributed by atoms with Gasteiger partial charge in [0.2, 0.25) is 0 Å². The summed E-state index contributed by atoms with van der Waals surface area (Å²) in [6, 6.07) is 5.30. The maximum Gasteiger partial charge on any atom is 0.471 e. The summed E-state index contributed by atoms with van der Waals surface area (Å²) in [5.74, 6) is -1.96. The van der Waals surface area contributed by atoms with Crippen LogP contribution < -0.4 is 11.1 Å². The highest BCUT2D eigenvalue weighted by Crippen LogP contribution is 2.34. The second-order valence-electron chi connectivity index (χ2n) is 6.81. The van der Waals surface area contributed by atoms with Crippen LogP contribution in [0.3, 0.4) is 0 Å². The molecule has 0 saturated carbocycles. The lowest BCUT2D eigenvalue weighted by Crippen LogP contribution is -2.37. The third-order valence-electron chi connectivity index (χ3n) is 4.80. The van der Waals surface area contributed by atoms with Crippen molar-refractivity contribution in [3.8, 4) is 0 Å². The maximum atomic E-state index is 12.2. The number of anilines is 1. The predicted octanol–water partition coefficient (Wildman–Crippen LogP) is 1.48. The summed E-state index contributed by atoms with van der Waals surface area (Å²) in [4.78, 5) is 10.9. The third kappa shape index (κ3) is 4.23. The van der Waals surface area contributed by atoms with E-state index in [4.69, 9.17) is 10.5 Å². The van der Waals surface area contributed by atoms with E-state index in [1.807, 2.05) is 22.1 Å². The van der Waals surface area contributed by atoms with Crippen molar-refractivity contribution < 1.29 is 32.9 Å². The van der Waals surface area contributed by atoms with Gasteiger partial charge < -0.3 is 30.6 Å².